The minimum absolute atomic E-state index is 0.0111. The number of nitrogens with one attached hydrogen (secondary N) is 1. The lowest BCUT2D eigenvalue weighted by Gasteiger charge is -2.23. The van der Waals surface area contributed by atoms with Gasteiger partial charge in [-0.1, -0.05) is 30.3 Å². The Morgan fingerprint density at radius 3 is 2.92 bits per heavy atom. The molecule has 0 radical (unpaired) electrons. The topological polar surface area (TPSA) is 71.5 Å². The second-order valence-electron chi connectivity index (χ2n) is 5.97. The van der Waals surface area contributed by atoms with Crippen molar-refractivity contribution in [2.45, 2.75) is 31.9 Å². The first kappa shape index (κ1) is 17.6. The SMILES string of the molecule is COCc1csc(NC(=O)C2CCCN2C(=O)Cc2ccccc2)n1. The Morgan fingerprint density at radius 1 is 1.36 bits per heavy atom. The van der Waals surface area contributed by atoms with Crippen molar-refractivity contribution in [3.8, 4) is 0 Å². The summed E-state index contributed by atoms with van der Waals surface area (Å²) in [6, 6.07) is 9.18. The van der Waals surface area contributed by atoms with Crippen LogP contribution in [0.4, 0.5) is 5.13 Å². The minimum Gasteiger partial charge on any atom is -0.378 e. The Bertz CT molecular complexity index is 732. The lowest BCUT2D eigenvalue weighted by Crippen LogP contribution is -2.43. The van der Waals surface area contributed by atoms with E-state index in [9.17, 15) is 9.59 Å². The summed E-state index contributed by atoms with van der Waals surface area (Å²) in [5.74, 6) is -0.180. The maximum Gasteiger partial charge on any atom is 0.248 e. The molecule has 0 bridgehead atoms. The molecule has 0 aliphatic carbocycles. The van der Waals surface area contributed by atoms with Crippen molar-refractivity contribution in [1.82, 2.24) is 9.88 Å². The van der Waals surface area contributed by atoms with E-state index in [1.807, 2.05) is 35.7 Å². The van der Waals surface area contributed by atoms with Gasteiger partial charge in [-0.15, -0.1) is 11.3 Å². The third-order valence-corrected chi connectivity index (χ3v) is 4.95. The second-order valence-corrected chi connectivity index (χ2v) is 6.83. The largest absolute Gasteiger partial charge is 0.378 e. The number of ether oxygens (including phenoxy) is 1. The molecule has 0 saturated carbocycles. The Morgan fingerprint density at radius 2 is 2.16 bits per heavy atom. The van der Waals surface area contributed by atoms with Crippen LogP contribution in [0, 0.1) is 0 Å². The molecule has 2 heterocycles. The number of rotatable bonds is 6. The first-order valence-corrected chi connectivity index (χ1v) is 9.13. The number of hydrogen-bond acceptors (Lipinski definition) is 5. The summed E-state index contributed by atoms with van der Waals surface area (Å²) in [7, 11) is 1.60. The van der Waals surface area contributed by atoms with Crippen LogP contribution in [0.3, 0.4) is 0 Å². The van der Waals surface area contributed by atoms with E-state index in [1.54, 1.807) is 12.0 Å². The van der Waals surface area contributed by atoms with E-state index in [0.29, 0.717) is 31.1 Å². The molecule has 1 aromatic heterocycles. The Labute approximate surface area is 150 Å². The van der Waals surface area contributed by atoms with E-state index in [-0.39, 0.29) is 11.8 Å². The van der Waals surface area contributed by atoms with Crippen LogP contribution >= 0.6 is 11.3 Å². The quantitative estimate of drug-likeness (QED) is 0.860. The summed E-state index contributed by atoms with van der Waals surface area (Å²) in [6.45, 7) is 1.04. The molecule has 6 nitrogen and oxygen atoms in total. The van der Waals surface area contributed by atoms with Crippen LogP contribution in [-0.2, 0) is 27.4 Å². The number of carbonyl (C=O) groups is 2. The number of nitrogens with zero attached hydrogens (tertiary/aromatic N) is 2. The molecule has 1 fully saturated rings. The van der Waals surface area contributed by atoms with Crippen LogP contribution in [0.25, 0.3) is 0 Å². The van der Waals surface area contributed by atoms with Crippen LogP contribution in [-0.4, -0.2) is 41.4 Å². The molecule has 1 unspecified atom stereocenters. The molecule has 1 atom stereocenters. The highest BCUT2D eigenvalue weighted by Crippen LogP contribution is 2.22. The number of likely N-dealkylation sites (tertiary alicyclic amines) is 1. The zero-order chi connectivity index (χ0) is 17.6. The van der Waals surface area contributed by atoms with Gasteiger partial charge >= 0.3 is 0 Å². The lowest BCUT2D eigenvalue weighted by molar-refractivity contribution is -0.136. The fourth-order valence-corrected chi connectivity index (χ4v) is 3.67. The molecular weight excluding hydrogens is 338 g/mol. The molecule has 3 rings (SSSR count). The lowest BCUT2D eigenvalue weighted by atomic mass is 10.1. The number of anilines is 1. The summed E-state index contributed by atoms with van der Waals surface area (Å²) in [6.07, 6.45) is 1.84. The number of aromatic nitrogens is 1. The number of thiazole rings is 1. The highest BCUT2D eigenvalue weighted by Gasteiger charge is 2.34. The van der Waals surface area contributed by atoms with Crippen molar-refractivity contribution in [2.75, 3.05) is 19.0 Å². The van der Waals surface area contributed by atoms with Gasteiger partial charge in [0.25, 0.3) is 0 Å². The molecule has 25 heavy (non-hydrogen) atoms. The predicted molar refractivity (Wildman–Crippen MR) is 96.3 cm³/mol. The van der Waals surface area contributed by atoms with Gasteiger partial charge in [-0.05, 0) is 18.4 Å². The normalized spacial score (nSPS) is 16.8. The number of methoxy groups -OCH3 is 1. The van der Waals surface area contributed by atoms with Crippen molar-refractivity contribution in [3.05, 3.63) is 47.0 Å². The molecule has 1 N–H and O–H groups in total. The summed E-state index contributed by atoms with van der Waals surface area (Å²) >= 11 is 1.36. The molecular formula is C18H21N3O3S. The van der Waals surface area contributed by atoms with Crippen LogP contribution in [0.5, 0.6) is 0 Å². The molecule has 7 heteroatoms. The standard InChI is InChI=1S/C18H21N3O3S/c1-24-11-14-12-25-18(19-14)20-17(23)15-8-5-9-21(15)16(22)10-13-6-3-2-4-7-13/h2-4,6-7,12,15H,5,8-11H2,1H3,(H,19,20,23). The van der Waals surface area contributed by atoms with Crippen molar-refractivity contribution >= 4 is 28.3 Å². The second kappa shape index (κ2) is 8.22. The van der Waals surface area contributed by atoms with Crippen LogP contribution in [0.15, 0.2) is 35.7 Å². The smallest absolute Gasteiger partial charge is 0.248 e. The van der Waals surface area contributed by atoms with Gasteiger partial charge in [0.2, 0.25) is 11.8 Å². The first-order valence-electron chi connectivity index (χ1n) is 8.25. The molecule has 2 amide bonds. The number of carbonyl (C=O) groups excluding carboxylic acids is 2. The maximum absolute atomic E-state index is 12.6. The van der Waals surface area contributed by atoms with Gasteiger partial charge in [0, 0.05) is 19.0 Å². The zero-order valence-electron chi connectivity index (χ0n) is 14.1. The molecule has 1 aromatic carbocycles. The summed E-state index contributed by atoms with van der Waals surface area (Å²) in [5, 5.41) is 5.22. The fourth-order valence-electron chi connectivity index (χ4n) is 2.98. The predicted octanol–water partition coefficient (Wildman–Crippen LogP) is 2.46. The van der Waals surface area contributed by atoms with Crippen LogP contribution in [0.1, 0.15) is 24.1 Å². The summed E-state index contributed by atoms with van der Waals surface area (Å²) < 4.78 is 5.03. The molecule has 0 spiro atoms. The van der Waals surface area contributed by atoms with E-state index < -0.39 is 6.04 Å². The van der Waals surface area contributed by atoms with Gasteiger partial charge in [0.05, 0.1) is 18.7 Å². The molecule has 1 saturated heterocycles. The van der Waals surface area contributed by atoms with Gasteiger partial charge < -0.3 is 15.0 Å². The molecule has 1 aliphatic rings. The summed E-state index contributed by atoms with van der Waals surface area (Å²) in [5.41, 5.74) is 1.74. The monoisotopic (exact) mass is 359 g/mol. The Hall–Kier alpha value is -2.25. The van der Waals surface area contributed by atoms with Crippen molar-refractivity contribution < 1.29 is 14.3 Å². The minimum atomic E-state index is -0.425. The Balaban J connectivity index is 1.61. The van der Waals surface area contributed by atoms with Crippen molar-refractivity contribution in [1.29, 1.82) is 0 Å². The number of hydrogen-bond donors (Lipinski definition) is 1. The Kier molecular flexibility index (Phi) is 5.78. The number of benzene rings is 1. The third-order valence-electron chi connectivity index (χ3n) is 4.15. The first-order chi connectivity index (χ1) is 12.2. The highest BCUT2D eigenvalue weighted by atomic mass is 32.1. The van der Waals surface area contributed by atoms with E-state index in [2.05, 4.69) is 10.3 Å². The summed E-state index contributed by atoms with van der Waals surface area (Å²) in [4.78, 5) is 31.2. The molecule has 1 aliphatic heterocycles. The average molecular weight is 359 g/mol. The van der Waals surface area contributed by atoms with Gasteiger partial charge in [0.15, 0.2) is 5.13 Å². The van der Waals surface area contributed by atoms with Crippen molar-refractivity contribution in [2.24, 2.45) is 0 Å². The van der Waals surface area contributed by atoms with Crippen LogP contribution < -0.4 is 5.32 Å². The van der Waals surface area contributed by atoms with E-state index >= 15 is 0 Å². The third kappa shape index (κ3) is 4.43. The van der Waals surface area contributed by atoms with E-state index in [0.717, 1.165) is 17.7 Å². The highest BCUT2D eigenvalue weighted by molar-refractivity contribution is 7.13. The zero-order valence-corrected chi connectivity index (χ0v) is 14.9. The molecule has 132 valence electrons. The van der Waals surface area contributed by atoms with Gasteiger partial charge in [-0.25, -0.2) is 4.98 Å². The fraction of sp³-hybridized carbons (Fsp3) is 0.389. The average Bonchev–Trinajstić information content (AvgIpc) is 3.25. The van der Waals surface area contributed by atoms with Gasteiger partial charge in [-0.2, -0.15) is 0 Å². The van der Waals surface area contributed by atoms with Gasteiger partial charge in [0.1, 0.15) is 6.04 Å². The van der Waals surface area contributed by atoms with Crippen molar-refractivity contribution in [3.63, 3.8) is 0 Å². The van der Waals surface area contributed by atoms with E-state index in [1.165, 1.54) is 11.3 Å². The van der Waals surface area contributed by atoms with Crippen LogP contribution in [0.2, 0.25) is 0 Å². The maximum atomic E-state index is 12.6. The molecule has 2 aromatic rings. The van der Waals surface area contributed by atoms with Gasteiger partial charge in [-0.3, -0.25) is 9.59 Å². The number of amides is 2. The van der Waals surface area contributed by atoms with E-state index in [4.69, 9.17) is 4.74 Å².